The van der Waals surface area contributed by atoms with Gasteiger partial charge in [0.1, 0.15) is 20.6 Å². The molecule has 0 fully saturated rings. The maximum Gasteiger partial charge on any atom is 0.147 e. The van der Waals surface area contributed by atoms with E-state index in [-0.39, 0.29) is 5.75 Å². The highest BCUT2D eigenvalue weighted by Gasteiger charge is 2.01. The summed E-state index contributed by atoms with van der Waals surface area (Å²) in [6, 6.07) is 3.53. The van der Waals surface area contributed by atoms with Crippen LogP contribution in [0.4, 0.5) is 5.82 Å². The zero-order valence-electron chi connectivity index (χ0n) is 9.51. The number of rotatable bonds is 6. The van der Waals surface area contributed by atoms with Crippen LogP contribution in [0.3, 0.4) is 0 Å². The van der Waals surface area contributed by atoms with Crippen molar-refractivity contribution in [2.45, 2.75) is 6.42 Å². The molecule has 1 rings (SSSR count). The molecule has 0 amide bonds. The molecule has 17 heavy (non-hydrogen) atoms. The van der Waals surface area contributed by atoms with Crippen molar-refractivity contribution in [2.75, 3.05) is 23.9 Å². The molecule has 5 nitrogen and oxygen atoms in total. The molecule has 0 aliphatic carbocycles. The van der Waals surface area contributed by atoms with E-state index in [0.717, 1.165) is 0 Å². The molecule has 0 unspecified atom stereocenters. The smallest absolute Gasteiger partial charge is 0.147 e. The van der Waals surface area contributed by atoms with Crippen LogP contribution in [-0.4, -0.2) is 36.9 Å². The third kappa shape index (κ3) is 5.60. The van der Waals surface area contributed by atoms with E-state index in [4.69, 9.17) is 18.0 Å². The van der Waals surface area contributed by atoms with Gasteiger partial charge >= 0.3 is 0 Å². The van der Waals surface area contributed by atoms with Crippen molar-refractivity contribution in [3.8, 4) is 0 Å². The Morgan fingerprint density at radius 2 is 2.24 bits per heavy atom. The van der Waals surface area contributed by atoms with E-state index in [0.29, 0.717) is 29.3 Å². The summed E-state index contributed by atoms with van der Waals surface area (Å²) in [4.78, 5) is 4.41. The first kappa shape index (κ1) is 13.9. The maximum atomic E-state index is 10.9. The third-order valence-corrected chi connectivity index (χ3v) is 3.31. The van der Waals surface area contributed by atoms with Gasteiger partial charge in [-0.15, -0.1) is 0 Å². The zero-order chi connectivity index (χ0) is 12.9. The number of nitrogens with zero attached hydrogens (tertiary/aromatic N) is 1. The average molecular weight is 273 g/mol. The second-order valence-corrected chi connectivity index (χ2v) is 6.41. The maximum absolute atomic E-state index is 10.9. The first-order valence-electron chi connectivity index (χ1n) is 5.06. The second-order valence-electron chi connectivity index (χ2n) is 3.71. The van der Waals surface area contributed by atoms with E-state index < -0.39 is 9.84 Å². The molecule has 94 valence electrons. The van der Waals surface area contributed by atoms with E-state index in [1.165, 1.54) is 6.26 Å². The SMILES string of the molecule is CS(=O)(=O)CCCNc1ccc(C(N)=S)cn1. The Hall–Kier alpha value is -1.21. The third-order valence-electron chi connectivity index (χ3n) is 2.05. The highest BCUT2D eigenvalue weighted by atomic mass is 32.2. The predicted octanol–water partition coefficient (Wildman–Crippen LogP) is 0.562. The lowest BCUT2D eigenvalue weighted by atomic mass is 10.3. The Balaban J connectivity index is 2.40. The fourth-order valence-corrected chi connectivity index (χ4v) is 1.98. The molecule has 1 heterocycles. The molecule has 0 saturated heterocycles. The number of nitrogens with one attached hydrogen (secondary N) is 1. The number of sulfone groups is 1. The van der Waals surface area contributed by atoms with Crippen molar-refractivity contribution in [2.24, 2.45) is 5.73 Å². The molecule has 0 radical (unpaired) electrons. The van der Waals surface area contributed by atoms with Crippen LogP contribution in [0.1, 0.15) is 12.0 Å². The van der Waals surface area contributed by atoms with Crippen molar-refractivity contribution in [3.05, 3.63) is 23.9 Å². The van der Waals surface area contributed by atoms with Crippen LogP contribution in [-0.2, 0) is 9.84 Å². The largest absolute Gasteiger partial charge is 0.389 e. The molecule has 3 N–H and O–H groups in total. The minimum absolute atomic E-state index is 0.172. The van der Waals surface area contributed by atoms with Gasteiger partial charge in [-0.25, -0.2) is 13.4 Å². The number of aromatic nitrogens is 1. The van der Waals surface area contributed by atoms with Crippen molar-refractivity contribution >= 4 is 32.9 Å². The molecule has 1 aromatic heterocycles. The Kier molecular flexibility index (Phi) is 4.83. The standard InChI is InChI=1S/C10H15N3O2S2/c1-17(14,15)6-2-5-12-9-4-3-8(7-13-9)10(11)16/h3-4,7H,2,5-6H2,1H3,(H2,11,16)(H,12,13). The van der Waals surface area contributed by atoms with Crippen LogP contribution in [0.2, 0.25) is 0 Å². The molecule has 0 aliphatic rings. The van der Waals surface area contributed by atoms with Crippen LogP contribution in [0, 0.1) is 0 Å². The van der Waals surface area contributed by atoms with Crippen molar-refractivity contribution in [3.63, 3.8) is 0 Å². The Labute approximate surface area is 106 Å². The lowest BCUT2D eigenvalue weighted by molar-refractivity contribution is 0.600. The van der Waals surface area contributed by atoms with Gasteiger partial charge in [0.25, 0.3) is 0 Å². The summed E-state index contributed by atoms with van der Waals surface area (Å²) in [7, 11) is -2.89. The Morgan fingerprint density at radius 3 is 2.71 bits per heavy atom. The molecule has 0 aromatic carbocycles. The van der Waals surface area contributed by atoms with Gasteiger partial charge in [-0.3, -0.25) is 0 Å². The summed E-state index contributed by atoms with van der Waals surface area (Å²) in [5.74, 6) is 0.851. The van der Waals surface area contributed by atoms with Gasteiger partial charge in [-0.2, -0.15) is 0 Å². The number of hydrogen-bond acceptors (Lipinski definition) is 5. The Bertz CT molecular complexity index is 483. The van der Waals surface area contributed by atoms with Crippen molar-refractivity contribution < 1.29 is 8.42 Å². The monoisotopic (exact) mass is 273 g/mol. The van der Waals surface area contributed by atoms with Gasteiger partial charge in [0, 0.05) is 24.6 Å². The van der Waals surface area contributed by atoms with Crippen LogP contribution in [0.5, 0.6) is 0 Å². The lowest BCUT2D eigenvalue weighted by Gasteiger charge is -2.05. The van der Waals surface area contributed by atoms with Gasteiger partial charge in [-0.05, 0) is 18.6 Å². The first-order valence-corrected chi connectivity index (χ1v) is 7.53. The van der Waals surface area contributed by atoms with Gasteiger partial charge in [0.2, 0.25) is 0 Å². The molecular formula is C10H15N3O2S2. The molecule has 1 aromatic rings. The summed E-state index contributed by atoms with van der Waals surface area (Å²) in [6.07, 6.45) is 3.36. The normalized spacial score (nSPS) is 11.1. The van der Waals surface area contributed by atoms with Crippen molar-refractivity contribution in [1.82, 2.24) is 4.98 Å². The molecule has 0 atom stereocenters. The fourth-order valence-electron chi connectivity index (χ4n) is 1.20. The highest BCUT2D eigenvalue weighted by Crippen LogP contribution is 2.05. The molecule has 0 aliphatic heterocycles. The van der Waals surface area contributed by atoms with E-state index in [1.54, 1.807) is 18.3 Å². The average Bonchev–Trinajstić information content (AvgIpc) is 2.24. The summed E-state index contributed by atoms with van der Waals surface area (Å²) in [5, 5.41) is 3.02. The minimum Gasteiger partial charge on any atom is -0.389 e. The van der Waals surface area contributed by atoms with Gasteiger partial charge in [0.15, 0.2) is 0 Å². The minimum atomic E-state index is -2.89. The number of anilines is 1. The number of nitrogens with two attached hydrogens (primary N) is 1. The van der Waals surface area contributed by atoms with Crippen LogP contribution in [0.25, 0.3) is 0 Å². The molecule has 0 saturated carbocycles. The predicted molar refractivity (Wildman–Crippen MR) is 72.9 cm³/mol. The van der Waals surface area contributed by atoms with E-state index in [2.05, 4.69) is 10.3 Å². The summed E-state index contributed by atoms with van der Waals surface area (Å²) in [5.41, 5.74) is 6.15. The van der Waals surface area contributed by atoms with Crippen LogP contribution >= 0.6 is 12.2 Å². The number of pyridine rings is 1. The summed E-state index contributed by atoms with van der Waals surface area (Å²) in [6.45, 7) is 0.562. The number of thiocarbonyl (C=S) groups is 1. The highest BCUT2D eigenvalue weighted by molar-refractivity contribution is 7.90. The second kappa shape index (κ2) is 5.92. The van der Waals surface area contributed by atoms with Gasteiger partial charge in [-0.1, -0.05) is 12.2 Å². The fraction of sp³-hybridized carbons (Fsp3) is 0.400. The van der Waals surface area contributed by atoms with Gasteiger partial charge in [0.05, 0.1) is 5.75 Å². The molecule has 0 bridgehead atoms. The molecule has 0 spiro atoms. The molecule has 7 heteroatoms. The Morgan fingerprint density at radius 1 is 1.53 bits per heavy atom. The zero-order valence-corrected chi connectivity index (χ0v) is 11.1. The van der Waals surface area contributed by atoms with Crippen LogP contribution < -0.4 is 11.1 Å². The van der Waals surface area contributed by atoms with E-state index >= 15 is 0 Å². The summed E-state index contributed by atoms with van der Waals surface area (Å²) < 4.78 is 21.8. The quantitative estimate of drug-likeness (QED) is 0.582. The topological polar surface area (TPSA) is 85.1 Å². The lowest BCUT2D eigenvalue weighted by Crippen LogP contribution is -2.12. The van der Waals surface area contributed by atoms with E-state index in [1.807, 2.05) is 0 Å². The van der Waals surface area contributed by atoms with Crippen LogP contribution in [0.15, 0.2) is 18.3 Å². The number of hydrogen-bond donors (Lipinski definition) is 2. The first-order chi connectivity index (χ1) is 7.88. The molecular weight excluding hydrogens is 258 g/mol. The van der Waals surface area contributed by atoms with E-state index in [9.17, 15) is 8.42 Å². The summed E-state index contributed by atoms with van der Waals surface area (Å²) >= 11 is 4.80. The van der Waals surface area contributed by atoms with Gasteiger partial charge < -0.3 is 11.1 Å². The van der Waals surface area contributed by atoms with Crippen molar-refractivity contribution in [1.29, 1.82) is 0 Å².